The van der Waals surface area contributed by atoms with Crippen LogP contribution in [0.2, 0.25) is 0 Å². The Morgan fingerprint density at radius 2 is 1.89 bits per heavy atom. The maximum atomic E-state index is 12.6. The van der Waals surface area contributed by atoms with Crippen LogP contribution in [0.1, 0.15) is 12.5 Å². The zero-order valence-corrected chi connectivity index (χ0v) is 18.0. The molecule has 1 aromatic carbocycles. The molecule has 1 fully saturated rings. The molecule has 1 aromatic heterocycles. The monoisotopic (exact) mass is 441 g/mol. The normalized spacial score (nSPS) is 15.5. The lowest BCUT2D eigenvalue weighted by Crippen LogP contribution is -2.51. The molecule has 0 radical (unpaired) electrons. The van der Waals surface area contributed by atoms with Crippen molar-refractivity contribution >= 4 is 44.2 Å². The summed E-state index contributed by atoms with van der Waals surface area (Å²) in [6.07, 6.45) is 0. The maximum absolute atomic E-state index is 12.6. The SMILES string of the molecule is CCNc1nnc(SCC(=O)N2CCN(S(=O)(=O)Cc3ccccc3)CC2)s1. The lowest BCUT2D eigenvalue weighted by Gasteiger charge is -2.34. The molecule has 1 aliphatic rings. The maximum Gasteiger partial charge on any atom is 0.233 e. The number of hydrogen-bond acceptors (Lipinski definition) is 8. The number of benzene rings is 1. The molecule has 152 valence electrons. The average molecular weight is 442 g/mol. The standard InChI is InChI=1S/C17H23N5O3S3/c1-2-18-16-19-20-17(27-16)26-12-15(23)21-8-10-22(11-9-21)28(24,25)13-14-6-4-3-5-7-14/h3-7H,2,8-13H2,1H3,(H,18,19). The molecule has 0 aliphatic carbocycles. The van der Waals surface area contributed by atoms with Crippen molar-refractivity contribution in [3.8, 4) is 0 Å². The Hall–Kier alpha value is -1.69. The number of nitrogens with zero attached hydrogens (tertiary/aromatic N) is 4. The summed E-state index contributed by atoms with van der Waals surface area (Å²) in [6, 6.07) is 9.14. The van der Waals surface area contributed by atoms with Crippen LogP contribution >= 0.6 is 23.1 Å². The first kappa shape index (κ1) is 21.0. The van der Waals surface area contributed by atoms with E-state index in [1.165, 1.54) is 27.4 Å². The van der Waals surface area contributed by atoms with Gasteiger partial charge in [0.2, 0.25) is 21.1 Å². The number of hydrogen-bond donors (Lipinski definition) is 1. The van der Waals surface area contributed by atoms with Gasteiger partial charge in [0.1, 0.15) is 0 Å². The van der Waals surface area contributed by atoms with Crippen molar-refractivity contribution in [2.75, 3.05) is 43.8 Å². The van der Waals surface area contributed by atoms with Crippen molar-refractivity contribution in [1.29, 1.82) is 0 Å². The van der Waals surface area contributed by atoms with E-state index in [1.807, 2.05) is 37.3 Å². The Labute approximate surface area is 173 Å². The van der Waals surface area contributed by atoms with E-state index < -0.39 is 10.0 Å². The Morgan fingerprint density at radius 1 is 1.18 bits per heavy atom. The summed E-state index contributed by atoms with van der Waals surface area (Å²) >= 11 is 2.78. The first-order valence-electron chi connectivity index (χ1n) is 8.97. The molecule has 8 nitrogen and oxygen atoms in total. The smallest absolute Gasteiger partial charge is 0.233 e. The molecular formula is C17H23N5O3S3. The largest absolute Gasteiger partial charge is 0.360 e. The van der Waals surface area contributed by atoms with Crippen molar-refractivity contribution in [1.82, 2.24) is 19.4 Å². The molecule has 0 saturated carbocycles. The summed E-state index contributed by atoms with van der Waals surface area (Å²) in [5.41, 5.74) is 0.770. The number of anilines is 1. The van der Waals surface area contributed by atoms with Gasteiger partial charge in [-0.3, -0.25) is 4.79 Å². The minimum Gasteiger partial charge on any atom is -0.360 e. The lowest BCUT2D eigenvalue weighted by atomic mass is 10.2. The molecule has 28 heavy (non-hydrogen) atoms. The van der Waals surface area contributed by atoms with Gasteiger partial charge in [-0.2, -0.15) is 4.31 Å². The van der Waals surface area contributed by atoms with E-state index >= 15 is 0 Å². The number of nitrogens with one attached hydrogen (secondary N) is 1. The molecule has 0 unspecified atom stereocenters. The van der Waals surface area contributed by atoms with E-state index in [-0.39, 0.29) is 17.4 Å². The molecule has 2 aromatic rings. The Morgan fingerprint density at radius 3 is 2.57 bits per heavy atom. The number of rotatable bonds is 8. The number of piperazine rings is 1. The van der Waals surface area contributed by atoms with Crippen molar-refractivity contribution in [3.05, 3.63) is 35.9 Å². The first-order valence-corrected chi connectivity index (χ1v) is 12.4. The van der Waals surface area contributed by atoms with Gasteiger partial charge in [-0.15, -0.1) is 10.2 Å². The molecule has 0 bridgehead atoms. The third kappa shape index (κ3) is 5.66. The minimum absolute atomic E-state index is 0.00897. The third-order valence-electron chi connectivity index (χ3n) is 4.23. The summed E-state index contributed by atoms with van der Waals surface area (Å²) < 4.78 is 27.4. The molecule has 3 rings (SSSR count). The number of sulfonamides is 1. The first-order chi connectivity index (χ1) is 13.5. The number of aromatic nitrogens is 2. The second kappa shape index (κ2) is 9.68. The number of carbonyl (C=O) groups excluding carboxylic acids is 1. The minimum atomic E-state index is -3.38. The molecular weight excluding hydrogens is 418 g/mol. The van der Waals surface area contributed by atoms with Crippen molar-refractivity contribution in [3.63, 3.8) is 0 Å². The van der Waals surface area contributed by atoms with Gasteiger partial charge in [0, 0.05) is 32.7 Å². The molecule has 1 N–H and O–H groups in total. The Kier molecular flexibility index (Phi) is 7.27. The van der Waals surface area contributed by atoms with Crippen LogP contribution < -0.4 is 5.32 Å². The van der Waals surface area contributed by atoms with E-state index in [9.17, 15) is 13.2 Å². The van der Waals surface area contributed by atoms with E-state index in [0.717, 1.165) is 21.6 Å². The van der Waals surface area contributed by atoms with Crippen molar-refractivity contribution in [2.24, 2.45) is 0 Å². The number of thioether (sulfide) groups is 1. The highest BCUT2D eigenvalue weighted by atomic mass is 32.2. The van der Waals surface area contributed by atoms with E-state index in [1.54, 1.807) is 4.90 Å². The Bertz CT molecular complexity index is 880. The Balaban J connectivity index is 1.46. The van der Waals surface area contributed by atoms with Gasteiger partial charge < -0.3 is 10.2 Å². The molecule has 1 amide bonds. The van der Waals surface area contributed by atoms with Crippen LogP contribution in [0.15, 0.2) is 34.7 Å². The van der Waals surface area contributed by atoms with Crippen LogP contribution in [0.3, 0.4) is 0 Å². The fourth-order valence-electron chi connectivity index (χ4n) is 2.80. The predicted molar refractivity (Wildman–Crippen MR) is 112 cm³/mol. The highest BCUT2D eigenvalue weighted by molar-refractivity contribution is 8.01. The summed E-state index contributed by atoms with van der Waals surface area (Å²) in [5.74, 6) is 0.255. The van der Waals surface area contributed by atoms with E-state index in [4.69, 9.17) is 0 Å². The van der Waals surface area contributed by atoms with Crippen LogP contribution in [0.25, 0.3) is 0 Å². The van der Waals surface area contributed by atoms with Crippen LogP contribution in [0.4, 0.5) is 5.13 Å². The van der Waals surface area contributed by atoms with Crippen LogP contribution in [-0.4, -0.2) is 72.2 Å². The lowest BCUT2D eigenvalue weighted by molar-refractivity contribution is -0.129. The highest BCUT2D eigenvalue weighted by Crippen LogP contribution is 2.25. The number of amides is 1. The van der Waals surface area contributed by atoms with Gasteiger partial charge in [-0.25, -0.2) is 8.42 Å². The van der Waals surface area contributed by atoms with Gasteiger partial charge in [0.05, 0.1) is 11.5 Å². The topological polar surface area (TPSA) is 95.5 Å². The van der Waals surface area contributed by atoms with E-state index in [0.29, 0.717) is 26.2 Å². The fourth-order valence-corrected chi connectivity index (χ4v) is 6.04. The molecule has 1 aliphatic heterocycles. The average Bonchev–Trinajstić information content (AvgIpc) is 3.14. The quantitative estimate of drug-likeness (QED) is 0.623. The van der Waals surface area contributed by atoms with Gasteiger partial charge in [0.25, 0.3) is 0 Å². The number of carbonyl (C=O) groups is 1. The second-order valence-corrected chi connectivity index (χ2v) is 10.4. The van der Waals surface area contributed by atoms with Gasteiger partial charge in [0.15, 0.2) is 4.34 Å². The third-order valence-corrected chi connectivity index (χ3v) is 8.08. The second-order valence-electron chi connectivity index (χ2n) is 6.21. The van der Waals surface area contributed by atoms with Crippen molar-refractivity contribution in [2.45, 2.75) is 17.0 Å². The summed E-state index contributed by atoms with van der Waals surface area (Å²) in [5, 5.41) is 11.9. The molecule has 0 atom stereocenters. The summed E-state index contributed by atoms with van der Waals surface area (Å²) in [7, 11) is -3.38. The fraction of sp³-hybridized carbons (Fsp3) is 0.471. The van der Waals surface area contributed by atoms with E-state index in [2.05, 4.69) is 15.5 Å². The molecule has 0 spiro atoms. The van der Waals surface area contributed by atoms with Gasteiger partial charge >= 0.3 is 0 Å². The van der Waals surface area contributed by atoms with Crippen molar-refractivity contribution < 1.29 is 13.2 Å². The van der Waals surface area contributed by atoms with Crippen LogP contribution in [0, 0.1) is 0 Å². The molecule has 2 heterocycles. The molecule has 11 heteroatoms. The zero-order chi connectivity index (χ0) is 20.0. The zero-order valence-electron chi connectivity index (χ0n) is 15.6. The van der Waals surface area contributed by atoms with Gasteiger partial charge in [-0.05, 0) is 12.5 Å². The summed E-state index contributed by atoms with van der Waals surface area (Å²) in [6.45, 7) is 4.23. The summed E-state index contributed by atoms with van der Waals surface area (Å²) in [4.78, 5) is 14.1. The highest BCUT2D eigenvalue weighted by Gasteiger charge is 2.29. The predicted octanol–water partition coefficient (Wildman–Crippen LogP) is 1.74. The van der Waals surface area contributed by atoms with Crippen LogP contribution in [0.5, 0.6) is 0 Å². The van der Waals surface area contributed by atoms with Crippen LogP contribution in [-0.2, 0) is 20.6 Å². The molecule has 1 saturated heterocycles. The van der Waals surface area contributed by atoms with Gasteiger partial charge in [-0.1, -0.05) is 53.4 Å².